The number of hydrogen-bond donors (Lipinski definition) is 2. The number of benzene rings is 1. The van der Waals surface area contributed by atoms with Gasteiger partial charge in [-0.05, 0) is 44.9 Å². The highest BCUT2D eigenvalue weighted by molar-refractivity contribution is 5.96. The highest BCUT2D eigenvalue weighted by Gasteiger charge is 2.29. The number of nitrogens with zero attached hydrogens (tertiary/aromatic N) is 1. The van der Waals surface area contributed by atoms with Gasteiger partial charge in [-0.2, -0.15) is 0 Å². The summed E-state index contributed by atoms with van der Waals surface area (Å²) in [5.41, 5.74) is 6.92. The van der Waals surface area contributed by atoms with Crippen LogP contribution in [-0.4, -0.2) is 17.0 Å². The summed E-state index contributed by atoms with van der Waals surface area (Å²) in [6.45, 7) is 3.98. The molecule has 0 aliphatic heterocycles. The Morgan fingerprint density at radius 1 is 1.29 bits per heavy atom. The third-order valence-electron chi connectivity index (χ3n) is 3.91. The smallest absolute Gasteiger partial charge is 0.269 e. The summed E-state index contributed by atoms with van der Waals surface area (Å²) in [4.78, 5) is 23.6. The third-order valence-corrected chi connectivity index (χ3v) is 3.91. The molecule has 0 unspecified atom stereocenters. The van der Waals surface area contributed by atoms with E-state index in [-0.39, 0.29) is 17.7 Å². The number of nitrogens with one attached hydrogen (secondary N) is 2. The summed E-state index contributed by atoms with van der Waals surface area (Å²) in [7, 11) is 0. The highest BCUT2D eigenvalue weighted by atomic mass is 16.5. The van der Waals surface area contributed by atoms with Gasteiger partial charge in [0.15, 0.2) is 0 Å². The van der Waals surface area contributed by atoms with Gasteiger partial charge in [-0.1, -0.05) is 11.2 Å². The van der Waals surface area contributed by atoms with E-state index in [1.807, 2.05) is 13.8 Å². The van der Waals surface area contributed by atoms with Crippen molar-refractivity contribution >= 4 is 11.8 Å². The fourth-order valence-electron chi connectivity index (χ4n) is 2.23. The molecule has 7 heteroatoms. The molecule has 0 spiro atoms. The molecule has 1 fully saturated rings. The van der Waals surface area contributed by atoms with Crippen molar-refractivity contribution in [1.82, 2.24) is 16.0 Å². The Labute approximate surface area is 139 Å². The maximum absolute atomic E-state index is 12.1. The lowest BCUT2D eigenvalue weighted by molar-refractivity contribution is -0.123. The number of carbonyl (C=O) groups is 2. The summed E-state index contributed by atoms with van der Waals surface area (Å²) < 4.78 is 10.8. The topological polar surface area (TPSA) is 93.5 Å². The Morgan fingerprint density at radius 3 is 2.75 bits per heavy atom. The van der Waals surface area contributed by atoms with E-state index < -0.39 is 0 Å². The van der Waals surface area contributed by atoms with Gasteiger partial charge in [0.25, 0.3) is 5.91 Å². The Morgan fingerprint density at radius 2 is 2.08 bits per heavy atom. The van der Waals surface area contributed by atoms with E-state index in [4.69, 9.17) is 9.26 Å². The average molecular weight is 329 g/mol. The molecule has 7 nitrogen and oxygen atoms in total. The molecule has 1 saturated carbocycles. The molecule has 0 bridgehead atoms. The molecule has 0 radical (unpaired) electrons. The second kappa shape index (κ2) is 6.74. The number of amides is 2. The van der Waals surface area contributed by atoms with Crippen LogP contribution in [0.3, 0.4) is 0 Å². The first-order valence-electron chi connectivity index (χ1n) is 7.79. The van der Waals surface area contributed by atoms with E-state index in [9.17, 15) is 9.59 Å². The number of hydrazine groups is 1. The van der Waals surface area contributed by atoms with Gasteiger partial charge in [0, 0.05) is 11.5 Å². The van der Waals surface area contributed by atoms with Crippen molar-refractivity contribution in [2.24, 2.45) is 5.92 Å². The largest absolute Gasteiger partial charge is 0.489 e. The van der Waals surface area contributed by atoms with E-state index in [0.717, 1.165) is 24.1 Å². The van der Waals surface area contributed by atoms with Crippen LogP contribution in [0.1, 0.15) is 40.2 Å². The standard InChI is InChI=1S/C17H19N3O4/c1-10-15(11(2)24-20-10)9-23-14-5-3-4-13(8-14)17(22)19-18-16(21)12-6-7-12/h3-5,8,12H,6-7,9H2,1-2H3,(H,18,21)(H,19,22). The molecule has 1 heterocycles. The minimum absolute atomic E-state index is 0.0371. The van der Waals surface area contributed by atoms with Gasteiger partial charge in [0.2, 0.25) is 5.91 Å². The van der Waals surface area contributed by atoms with Crippen LogP contribution in [0.25, 0.3) is 0 Å². The molecule has 2 aromatic rings. The van der Waals surface area contributed by atoms with Crippen LogP contribution in [0.5, 0.6) is 5.75 Å². The lowest BCUT2D eigenvalue weighted by Gasteiger charge is -2.09. The third kappa shape index (κ3) is 3.73. The second-order valence-electron chi connectivity index (χ2n) is 5.84. The van der Waals surface area contributed by atoms with E-state index in [0.29, 0.717) is 23.7 Å². The van der Waals surface area contributed by atoms with Gasteiger partial charge in [-0.15, -0.1) is 0 Å². The van der Waals surface area contributed by atoms with Crippen LogP contribution in [0.15, 0.2) is 28.8 Å². The molecule has 126 valence electrons. The van der Waals surface area contributed by atoms with Gasteiger partial charge in [0.05, 0.1) is 11.3 Å². The predicted molar refractivity (Wildman–Crippen MR) is 85.1 cm³/mol. The van der Waals surface area contributed by atoms with Gasteiger partial charge >= 0.3 is 0 Å². The zero-order chi connectivity index (χ0) is 17.1. The van der Waals surface area contributed by atoms with Gasteiger partial charge in [0.1, 0.15) is 18.1 Å². The van der Waals surface area contributed by atoms with Crippen molar-refractivity contribution < 1.29 is 18.8 Å². The number of aromatic nitrogens is 1. The Balaban J connectivity index is 1.58. The SMILES string of the molecule is Cc1noc(C)c1COc1cccc(C(=O)NNC(=O)C2CC2)c1. The van der Waals surface area contributed by atoms with Crippen molar-refractivity contribution in [1.29, 1.82) is 0 Å². The fourth-order valence-corrected chi connectivity index (χ4v) is 2.23. The minimum atomic E-state index is -0.383. The van der Waals surface area contributed by atoms with Crippen molar-refractivity contribution in [3.63, 3.8) is 0 Å². The second-order valence-corrected chi connectivity index (χ2v) is 5.84. The van der Waals surface area contributed by atoms with Crippen molar-refractivity contribution in [3.8, 4) is 5.75 Å². The Kier molecular flexibility index (Phi) is 4.50. The summed E-state index contributed by atoms with van der Waals surface area (Å²) in [6, 6.07) is 6.76. The molecule has 1 aromatic carbocycles. The lowest BCUT2D eigenvalue weighted by atomic mass is 10.2. The zero-order valence-electron chi connectivity index (χ0n) is 13.6. The number of rotatable bonds is 5. The number of hydrogen-bond acceptors (Lipinski definition) is 5. The van der Waals surface area contributed by atoms with Crippen molar-refractivity contribution in [3.05, 3.63) is 46.8 Å². The van der Waals surface area contributed by atoms with Gasteiger partial charge < -0.3 is 9.26 Å². The molecule has 2 N–H and O–H groups in total. The van der Waals surface area contributed by atoms with E-state index >= 15 is 0 Å². The molecule has 1 aliphatic rings. The normalized spacial score (nSPS) is 13.4. The van der Waals surface area contributed by atoms with E-state index in [1.54, 1.807) is 24.3 Å². The summed E-state index contributed by atoms with van der Waals surface area (Å²) in [6.07, 6.45) is 1.76. The van der Waals surface area contributed by atoms with Gasteiger partial charge in [-0.3, -0.25) is 20.4 Å². The van der Waals surface area contributed by atoms with Crippen LogP contribution < -0.4 is 15.6 Å². The molecule has 3 rings (SSSR count). The molecule has 1 aliphatic carbocycles. The molecular formula is C17H19N3O4. The number of ether oxygens (including phenoxy) is 1. The Bertz CT molecular complexity index is 745. The summed E-state index contributed by atoms with van der Waals surface area (Å²) >= 11 is 0. The lowest BCUT2D eigenvalue weighted by Crippen LogP contribution is -2.42. The minimum Gasteiger partial charge on any atom is -0.489 e. The highest BCUT2D eigenvalue weighted by Crippen LogP contribution is 2.28. The molecule has 0 atom stereocenters. The first-order valence-corrected chi connectivity index (χ1v) is 7.79. The molecule has 2 amide bonds. The predicted octanol–water partition coefficient (Wildman–Crippen LogP) is 2.04. The van der Waals surface area contributed by atoms with Crippen LogP contribution in [0, 0.1) is 19.8 Å². The fraction of sp³-hybridized carbons (Fsp3) is 0.353. The van der Waals surface area contributed by atoms with Gasteiger partial charge in [-0.25, -0.2) is 0 Å². The first kappa shape index (κ1) is 16.0. The van der Waals surface area contributed by atoms with E-state index in [2.05, 4.69) is 16.0 Å². The quantitative estimate of drug-likeness (QED) is 0.819. The van der Waals surface area contributed by atoms with Crippen molar-refractivity contribution in [2.45, 2.75) is 33.3 Å². The first-order chi connectivity index (χ1) is 11.5. The summed E-state index contributed by atoms with van der Waals surface area (Å²) in [5, 5.41) is 3.87. The Hall–Kier alpha value is -2.83. The van der Waals surface area contributed by atoms with Crippen molar-refractivity contribution in [2.75, 3.05) is 0 Å². The monoisotopic (exact) mass is 329 g/mol. The van der Waals surface area contributed by atoms with Crippen LogP contribution in [-0.2, 0) is 11.4 Å². The number of aryl methyl sites for hydroxylation is 2. The molecule has 1 aromatic heterocycles. The van der Waals surface area contributed by atoms with Crippen LogP contribution in [0.2, 0.25) is 0 Å². The maximum atomic E-state index is 12.1. The van der Waals surface area contributed by atoms with E-state index in [1.165, 1.54) is 0 Å². The summed E-state index contributed by atoms with van der Waals surface area (Å²) in [5.74, 6) is 0.774. The molecule has 24 heavy (non-hydrogen) atoms. The number of carbonyl (C=O) groups excluding carboxylic acids is 2. The molecular weight excluding hydrogens is 310 g/mol. The zero-order valence-corrected chi connectivity index (χ0v) is 13.6. The molecule has 0 saturated heterocycles. The van der Waals surface area contributed by atoms with Crippen LogP contribution >= 0.6 is 0 Å². The maximum Gasteiger partial charge on any atom is 0.269 e. The van der Waals surface area contributed by atoms with Crippen LogP contribution in [0.4, 0.5) is 0 Å². The average Bonchev–Trinajstić information content (AvgIpc) is 3.38.